The van der Waals surface area contributed by atoms with E-state index in [2.05, 4.69) is 21.4 Å². The molecule has 1 aromatic heterocycles. The highest BCUT2D eigenvalue weighted by molar-refractivity contribution is 7.08. The topological polar surface area (TPSA) is 72.3 Å². The van der Waals surface area contributed by atoms with E-state index >= 15 is 0 Å². The van der Waals surface area contributed by atoms with Crippen LogP contribution in [0, 0.1) is 17.8 Å². The van der Waals surface area contributed by atoms with E-state index < -0.39 is 5.97 Å². The smallest absolute Gasteiger partial charge is 0.353 e. The third kappa shape index (κ3) is 3.58. The Hall–Kier alpha value is -2.39. The van der Waals surface area contributed by atoms with Gasteiger partial charge in [-0.25, -0.2) is 4.79 Å². The number of hydrogen-bond acceptors (Lipinski definition) is 5. The Balaban J connectivity index is 1.74. The molecule has 0 atom stereocenters. The van der Waals surface area contributed by atoms with E-state index in [1.165, 1.54) is 12.8 Å². The fourth-order valence-corrected chi connectivity index (χ4v) is 2.18. The van der Waals surface area contributed by atoms with Gasteiger partial charge >= 0.3 is 5.97 Å². The Morgan fingerprint density at radius 1 is 1.48 bits per heavy atom. The fourth-order valence-electron chi connectivity index (χ4n) is 1.75. The van der Waals surface area contributed by atoms with E-state index in [-0.39, 0.29) is 10.8 Å². The quantitative estimate of drug-likeness (QED) is 0.878. The average molecular weight is 300 g/mol. The molecule has 5 nitrogen and oxygen atoms in total. The Kier molecular flexibility index (Phi) is 3.84. The number of rotatable bonds is 4. The van der Waals surface area contributed by atoms with Crippen LogP contribution >= 0.6 is 11.5 Å². The lowest BCUT2D eigenvalue weighted by Crippen LogP contribution is -1.96. The van der Waals surface area contributed by atoms with Crippen molar-refractivity contribution in [1.29, 1.82) is 0 Å². The minimum absolute atomic E-state index is 0.00981. The van der Waals surface area contributed by atoms with Crippen LogP contribution in [0.3, 0.4) is 0 Å². The van der Waals surface area contributed by atoms with Crippen LogP contribution in [0.15, 0.2) is 24.3 Å². The first-order valence-electron chi connectivity index (χ1n) is 6.55. The summed E-state index contributed by atoms with van der Waals surface area (Å²) in [6.45, 7) is 0. The number of carboxylic acid groups (broad SMARTS) is 1. The molecule has 3 rings (SSSR count). The van der Waals surface area contributed by atoms with Gasteiger partial charge in [-0.1, -0.05) is 27.5 Å². The number of nitrogens with zero attached hydrogens (tertiary/aromatic N) is 2. The largest absolute Gasteiger partial charge is 0.477 e. The molecule has 1 aliphatic rings. The first kappa shape index (κ1) is 13.6. The molecular weight excluding hydrogens is 288 g/mol. The molecule has 21 heavy (non-hydrogen) atoms. The maximum absolute atomic E-state index is 11.0. The molecule has 1 heterocycles. The summed E-state index contributed by atoms with van der Waals surface area (Å²) in [5.41, 5.74) is 0.841. The van der Waals surface area contributed by atoms with Crippen LogP contribution in [0.4, 0.5) is 0 Å². The summed E-state index contributed by atoms with van der Waals surface area (Å²) in [4.78, 5) is 11.0. The summed E-state index contributed by atoms with van der Waals surface area (Å²) in [7, 11) is 0. The standard InChI is InChI=1S/C15H12N2O3S/c18-15(19)13-14(16-17-21-13)20-12-6-2-5-11(9-12)4-1-3-10-7-8-10/h2,5-6,9-10H,3,7-8H2,(H,18,19). The number of aromatic nitrogens is 2. The molecule has 1 saturated carbocycles. The molecule has 1 fully saturated rings. The zero-order chi connectivity index (χ0) is 14.7. The molecule has 0 unspecified atom stereocenters. The van der Waals surface area contributed by atoms with Crippen LogP contribution in [0.2, 0.25) is 0 Å². The number of aromatic carboxylic acids is 1. The maximum atomic E-state index is 11.0. The van der Waals surface area contributed by atoms with Gasteiger partial charge in [0.25, 0.3) is 5.88 Å². The minimum Gasteiger partial charge on any atom is -0.477 e. The lowest BCUT2D eigenvalue weighted by atomic mass is 10.2. The van der Waals surface area contributed by atoms with Crippen LogP contribution in [-0.4, -0.2) is 20.7 Å². The zero-order valence-electron chi connectivity index (χ0n) is 11.1. The van der Waals surface area contributed by atoms with Crippen LogP contribution in [0.25, 0.3) is 0 Å². The van der Waals surface area contributed by atoms with Crippen molar-refractivity contribution >= 4 is 17.5 Å². The van der Waals surface area contributed by atoms with Crippen molar-refractivity contribution in [2.45, 2.75) is 19.3 Å². The predicted molar refractivity (Wildman–Crippen MR) is 77.6 cm³/mol. The van der Waals surface area contributed by atoms with Crippen molar-refractivity contribution in [3.05, 3.63) is 34.7 Å². The number of benzene rings is 1. The summed E-state index contributed by atoms with van der Waals surface area (Å²) in [6.07, 6.45) is 3.50. The summed E-state index contributed by atoms with van der Waals surface area (Å²) in [6, 6.07) is 7.21. The van der Waals surface area contributed by atoms with Gasteiger partial charge < -0.3 is 9.84 Å². The van der Waals surface area contributed by atoms with Gasteiger partial charge in [-0.15, -0.1) is 0 Å². The third-order valence-electron chi connectivity index (χ3n) is 3.02. The van der Waals surface area contributed by atoms with Gasteiger partial charge in [0, 0.05) is 12.0 Å². The van der Waals surface area contributed by atoms with Gasteiger partial charge in [-0.3, -0.25) is 0 Å². The van der Waals surface area contributed by atoms with Crippen molar-refractivity contribution in [3.63, 3.8) is 0 Å². The lowest BCUT2D eigenvalue weighted by Gasteiger charge is -2.02. The van der Waals surface area contributed by atoms with Gasteiger partial charge in [0.2, 0.25) is 0 Å². The van der Waals surface area contributed by atoms with Gasteiger partial charge in [0.1, 0.15) is 5.75 Å². The van der Waals surface area contributed by atoms with Crippen LogP contribution in [-0.2, 0) is 0 Å². The summed E-state index contributed by atoms with van der Waals surface area (Å²) < 4.78 is 9.08. The molecule has 1 aromatic carbocycles. The lowest BCUT2D eigenvalue weighted by molar-refractivity contribution is 0.0699. The highest BCUT2D eigenvalue weighted by Crippen LogP contribution is 2.31. The molecule has 0 radical (unpaired) electrons. The van der Waals surface area contributed by atoms with Gasteiger partial charge in [0.05, 0.1) is 0 Å². The Bertz CT molecular complexity index is 726. The normalized spacial score (nSPS) is 13.3. The molecule has 0 aliphatic heterocycles. The van der Waals surface area contributed by atoms with E-state index in [4.69, 9.17) is 9.84 Å². The number of carbonyl (C=O) groups is 1. The maximum Gasteiger partial charge on any atom is 0.353 e. The number of ether oxygens (including phenoxy) is 1. The van der Waals surface area contributed by atoms with Crippen LogP contribution < -0.4 is 4.74 Å². The molecule has 2 aromatic rings. The first-order chi connectivity index (χ1) is 10.2. The number of carboxylic acids is 1. The molecule has 0 spiro atoms. The van der Waals surface area contributed by atoms with Crippen molar-refractivity contribution < 1.29 is 14.6 Å². The highest BCUT2D eigenvalue weighted by Gasteiger charge is 2.19. The fraction of sp³-hybridized carbons (Fsp3) is 0.267. The Labute approximate surface area is 125 Å². The minimum atomic E-state index is -1.10. The van der Waals surface area contributed by atoms with E-state index in [9.17, 15) is 4.79 Å². The predicted octanol–water partition coefficient (Wildman–Crippen LogP) is 3.18. The van der Waals surface area contributed by atoms with Crippen LogP contribution in [0.5, 0.6) is 11.6 Å². The van der Waals surface area contributed by atoms with Gasteiger partial charge in [-0.2, -0.15) is 0 Å². The molecular formula is C15H12N2O3S. The van der Waals surface area contributed by atoms with Crippen molar-refractivity contribution in [3.8, 4) is 23.5 Å². The summed E-state index contributed by atoms with van der Waals surface area (Å²) in [5, 5.41) is 12.7. The molecule has 0 saturated heterocycles. The molecule has 106 valence electrons. The SMILES string of the molecule is O=C(O)c1snnc1Oc1cccc(C#CCC2CC2)c1. The van der Waals surface area contributed by atoms with Crippen molar-refractivity contribution in [2.24, 2.45) is 5.92 Å². The zero-order valence-corrected chi connectivity index (χ0v) is 11.9. The molecule has 6 heteroatoms. The second-order valence-corrected chi connectivity index (χ2v) is 5.55. The van der Waals surface area contributed by atoms with E-state index in [1.807, 2.05) is 12.1 Å². The molecule has 1 N–H and O–H groups in total. The van der Waals surface area contributed by atoms with Crippen molar-refractivity contribution in [2.75, 3.05) is 0 Å². The van der Waals surface area contributed by atoms with Gasteiger partial charge in [0.15, 0.2) is 4.88 Å². The Morgan fingerprint density at radius 2 is 2.33 bits per heavy atom. The molecule has 0 bridgehead atoms. The van der Waals surface area contributed by atoms with Gasteiger partial charge in [-0.05, 0) is 48.5 Å². The third-order valence-corrected chi connectivity index (χ3v) is 3.72. The average Bonchev–Trinajstić information content (AvgIpc) is 3.16. The Morgan fingerprint density at radius 3 is 3.10 bits per heavy atom. The summed E-state index contributed by atoms with van der Waals surface area (Å²) >= 11 is 0.791. The molecule has 1 aliphatic carbocycles. The molecule has 0 amide bonds. The second-order valence-electron chi connectivity index (χ2n) is 4.79. The van der Waals surface area contributed by atoms with E-state index in [0.29, 0.717) is 5.75 Å². The monoisotopic (exact) mass is 300 g/mol. The second kappa shape index (κ2) is 5.94. The number of hydrogen-bond donors (Lipinski definition) is 1. The first-order valence-corrected chi connectivity index (χ1v) is 7.32. The van der Waals surface area contributed by atoms with Crippen molar-refractivity contribution in [1.82, 2.24) is 9.59 Å². The van der Waals surface area contributed by atoms with Crippen LogP contribution in [0.1, 0.15) is 34.5 Å². The van der Waals surface area contributed by atoms with E-state index in [0.717, 1.165) is 29.4 Å². The highest BCUT2D eigenvalue weighted by atomic mass is 32.1. The summed E-state index contributed by atoms with van der Waals surface area (Å²) in [5.74, 6) is 6.44. The van der Waals surface area contributed by atoms with E-state index in [1.54, 1.807) is 12.1 Å².